The summed E-state index contributed by atoms with van der Waals surface area (Å²) >= 11 is 0. The predicted molar refractivity (Wildman–Crippen MR) is 136 cm³/mol. The first-order chi connectivity index (χ1) is 17.2. The second kappa shape index (κ2) is 10.3. The summed E-state index contributed by atoms with van der Waals surface area (Å²) in [6.45, 7) is 1.62. The summed E-state index contributed by atoms with van der Waals surface area (Å²) in [4.78, 5) is 18.5. The van der Waals surface area contributed by atoms with E-state index in [9.17, 15) is 4.79 Å². The lowest BCUT2D eigenvalue weighted by molar-refractivity contribution is -0.137. The van der Waals surface area contributed by atoms with Gasteiger partial charge in [-0.15, -0.1) is 0 Å². The largest absolute Gasteiger partial charge is 0.494 e. The van der Waals surface area contributed by atoms with E-state index in [4.69, 9.17) is 14.6 Å². The first-order valence-electron chi connectivity index (χ1n) is 11.8. The summed E-state index contributed by atoms with van der Waals surface area (Å²) in [5.74, 6) is 1.65. The Bertz CT molecular complexity index is 1420. The number of aliphatic carboxylic acids is 1. The molecule has 2 heterocycles. The lowest BCUT2D eigenvalue weighted by Crippen LogP contribution is -2.05. The van der Waals surface area contributed by atoms with Gasteiger partial charge in [0.1, 0.15) is 17.3 Å². The van der Waals surface area contributed by atoms with E-state index in [1.54, 1.807) is 12.4 Å². The molecule has 0 spiro atoms. The Balaban J connectivity index is 1.15. The van der Waals surface area contributed by atoms with Crippen LogP contribution in [-0.4, -0.2) is 38.8 Å². The van der Waals surface area contributed by atoms with Gasteiger partial charge in [0.25, 0.3) is 0 Å². The molecule has 0 aliphatic carbocycles. The topological polar surface area (TPSA) is 89.4 Å². The van der Waals surface area contributed by atoms with Crippen molar-refractivity contribution in [2.24, 2.45) is 0 Å². The number of fused-ring (bicyclic) bond motifs is 3. The zero-order chi connectivity index (χ0) is 24.0. The maximum atomic E-state index is 11.2. The molecule has 0 fully saturated rings. The SMILES string of the molecule is O=C(O)CCn1c2ccccc2c2ccc(OCCCCOc3ccc(-c4ncc[nH]4)cc3)cc21. The fourth-order valence-electron chi connectivity index (χ4n) is 4.28. The summed E-state index contributed by atoms with van der Waals surface area (Å²) in [6.07, 6.45) is 5.36. The molecular weight excluding hydrogens is 442 g/mol. The number of aromatic nitrogens is 3. The number of benzene rings is 3. The monoisotopic (exact) mass is 469 g/mol. The van der Waals surface area contributed by atoms with Gasteiger partial charge < -0.3 is 24.1 Å². The molecule has 5 aromatic rings. The molecular formula is C28H27N3O4. The fourth-order valence-corrected chi connectivity index (χ4v) is 4.28. The van der Waals surface area contributed by atoms with Gasteiger partial charge >= 0.3 is 5.97 Å². The van der Waals surface area contributed by atoms with Crippen LogP contribution in [0, 0.1) is 0 Å². The minimum absolute atomic E-state index is 0.0738. The van der Waals surface area contributed by atoms with E-state index < -0.39 is 5.97 Å². The number of hydrogen-bond acceptors (Lipinski definition) is 4. The number of carbonyl (C=O) groups is 1. The molecule has 3 aromatic carbocycles. The van der Waals surface area contributed by atoms with Crippen molar-refractivity contribution >= 4 is 27.8 Å². The van der Waals surface area contributed by atoms with Gasteiger partial charge in [-0.1, -0.05) is 18.2 Å². The van der Waals surface area contributed by atoms with Crippen LogP contribution in [0.25, 0.3) is 33.2 Å². The second-order valence-electron chi connectivity index (χ2n) is 8.36. The molecule has 0 bridgehead atoms. The maximum Gasteiger partial charge on any atom is 0.305 e. The van der Waals surface area contributed by atoms with Crippen molar-refractivity contribution in [3.05, 3.63) is 79.1 Å². The number of aryl methyl sites for hydroxylation is 1. The number of ether oxygens (including phenoxy) is 2. The highest BCUT2D eigenvalue weighted by molar-refractivity contribution is 6.08. The number of imidazole rings is 1. The second-order valence-corrected chi connectivity index (χ2v) is 8.36. The van der Waals surface area contributed by atoms with E-state index >= 15 is 0 Å². The summed E-state index contributed by atoms with van der Waals surface area (Å²) < 4.78 is 13.9. The highest BCUT2D eigenvalue weighted by atomic mass is 16.5. The van der Waals surface area contributed by atoms with Crippen molar-refractivity contribution < 1.29 is 19.4 Å². The van der Waals surface area contributed by atoms with E-state index in [1.165, 1.54) is 0 Å². The van der Waals surface area contributed by atoms with Gasteiger partial charge in [-0.25, -0.2) is 4.98 Å². The van der Waals surface area contributed by atoms with Gasteiger partial charge in [-0.3, -0.25) is 4.79 Å². The molecule has 0 atom stereocenters. The van der Waals surface area contributed by atoms with Crippen LogP contribution in [-0.2, 0) is 11.3 Å². The van der Waals surface area contributed by atoms with Gasteiger partial charge in [-0.05, 0) is 55.3 Å². The normalized spacial score (nSPS) is 11.2. The van der Waals surface area contributed by atoms with Crippen molar-refractivity contribution in [2.45, 2.75) is 25.8 Å². The van der Waals surface area contributed by atoms with Crippen LogP contribution in [0.4, 0.5) is 0 Å². The summed E-state index contributed by atoms with van der Waals surface area (Å²) in [6, 6.07) is 22.0. The van der Waals surface area contributed by atoms with Gasteiger partial charge in [0, 0.05) is 46.9 Å². The van der Waals surface area contributed by atoms with Crippen LogP contribution in [0.2, 0.25) is 0 Å². The number of nitrogens with zero attached hydrogens (tertiary/aromatic N) is 2. The quantitative estimate of drug-likeness (QED) is 0.235. The standard InChI is InChI=1S/C28H27N3O4/c32-27(33)13-16-31-25-6-2-1-5-23(25)24-12-11-22(19-26(24)31)35-18-4-3-17-34-21-9-7-20(8-10-21)28-29-14-15-30-28/h1-2,5-12,14-15,19H,3-4,13,16-18H2,(H,29,30)(H,32,33). The summed E-state index contributed by atoms with van der Waals surface area (Å²) in [5, 5.41) is 11.4. The molecule has 5 rings (SSSR count). The fraction of sp³-hybridized carbons (Fsp3) is 0.214. The van der Waals surface area contributed by atoms with Crippen LogP contribution in [0.1, 0.15) is 19.3 Å². The minimum Gasteiger partial charge on any atom is -0.494 e. The highest BCUT2D eigenvalue weighted by Gasteiger charge is 2.12. The predicted octanol–water partition coefficient (Wildman–Crippen LogP) is 5.90. The number of aromatic amines is 1. The molecule has 35 heavy (non-hydrogen) atoms. The molecule has 0 unspecified atom stereocenters. The average Bonchev–Trinajstić information content (AvgIpc) is 3.52. The smallest absolute Gasteiger partial charge is 0.305 e. The van der Waals surface area contributed by atoms with E-state index in [0.717, 1.165) is 57.5 Å². The van der Waals surface area contributed by atoms with Crippen LogP contribution >= 0.6 is 0 Å². The van der Waals surface area contributed by atoms with Gasteiger partial charge in [0.15, 0.2) is 0 Å². The van der Waals surface area contributed by atoms with Crippen LogP contribution in [0.5, 0.6) is 11.5 Å². The van der Waals surface area contributed by atoms with E-state index in [1.807, 2.05) is 54.6 Å². The number of hydrogen-bond donors (Lipinski definition) is 2. The zero-order valence-corrected chi connectivity index (χ0v) is 19.3. The Labute approximate surface area is 202 Å². The van der Waals surface area contributed by atoms with E-state index in [0.29, 0.717) is 19.8 Å². The number of H-pyrrole nitrogens is 1. The third kappa shape index (κ3) is 5.14. The molecule has 0 saturated carbocycles. The molecule has 0 aliphatic rings. The Morgan fingerprint density at radius 2 is 1.60 bits per heavy atom. The Morgan fingerprint density at radius 1 is 0.886 bits per heavy atom. The number of carboxylic acid groups (broad SMARTS) is 1. The van der Waals surface area contributed by atoms with Crippen molar-refractivity contribution in [3.8, 4) is 22.9 Å². The van der Waals surface area contributed by atoms with Gasteiger partial charge in [0.05, 0.1) is 25.2 Å². The third-order valence-corrected chi connectivity index (χ3v) is 6.00. The molecule has 7 heteroatoms. The molecule has 0 radical (unpaired) electrons. The first kappa shape index (κ1) is 22.5. The number of unbranched alkanes of at least 4 members (excludes halogenated alkanes) is 1. The molecule has 7 nitrogen and oxygen atoms in total. The van der Waals surface area contributed by atoms with Crippen LogP contribution < -0.4 is 9.47 Å². The Hall–Kier alpha value is -4.26. The lowest BCUT2D eigenvalue weighted by Gasteiger charge is -2.10. The van der Waals surface area contributed by atoms with Crippen molar-refractivity contribution in [1.29, 1.82) is 0 Å². The first-order valence-corrected chi connectivity index (χ1v) is 11.8. The molecule has 0 amide bonds. The zero-order valence-electron chi connectivity index (χ0n) is 19.3. The molecule has 0 aliphatic heterocycles. The van der Waals surface area contributed by atoms with Crippen molar-refractivity contribution in [2.75, 3.05) is 13.2 Å². The number of para-hydroxylation sites is 1. The van der Waals surface area contributed by atoms with Gasteiger partial charge in [-0.2, -0.15) is 0 Å². The highest BCUT2D eigenvalue weighted by Crippen LogP contribution is 2.32. The Morgan fingerprint density at radius 3 is 2.34 bits per heavy atom. The van der Waals surface area contributed by atoms with Crippen LogP contribution in [0.3, 0.4) is 0 Å². The average molecular weight is 470 g/mol. The molecule has 2 N–H and O–H groups in total. The Kier molecular flexibility index (Phi) is 6.66. The lowest BCUT2D eigenvalue weighted by atomic mass is 10.1. The molecule has 178 valence electrons. The third-order valence-electron chi connectivity index (χ3n) is 6.00. The summed E-state index contributed by atoms with van der Waals surface area (Å²) in [5.41, 5.74) is 3.05. The number of carboxylic acids is 1. The van der Waals surface area contributed by atoms with E-state index in [-0.39, 0.29) is 6.42 Å². The molecule has 2 aromatic heterocycles. The molecule has 0 saturated heterocycles. The van der Waals surface area contributed by atoms with Crippen molar-refractivity contribution in [3.63, 3.8) is 0 Å². The van der Waals surface area contributed by atoms with E-state index in [2.05, 4.69) is 26.7 Å². The van der Waals surface area contributed by atoms with Crippen molar-refractivity contribution in [1.82, 2.24) is 14.5 Å². The van der Waals surface area contributed by atoms with Crippen LogP contribution in [0.15, 0.2) is 79.1 Å². The minimum atomic E-state index is -0.806. The summed E-state index contributed by atoms with van der Waals surface area (Å²) in [7, 11) is 0. The number of rotatable bonds is 11. The number of nitrogens with one attached hydrogen (secondary N) is 1. The van der Waals surface area contributed by atoms with Gasteiger partial charge in [0.2, 0.25) is 0 Å². The maximum absolute atomic E-state index is 11.2.